The molecular formula is C17H29NO. The zero-order valence-electron chi connectivity index (χ0n) is 13.0. The first-order valence-corrected chi connectivity index (χ1v) is 7.54. The average molecular weight is 263 g/mol. The van der Waals surface area contributed by atoms with Crippen LogP contribution in [-0.2, 0) is 11.2 Å². The molecule has 0 spiro atoms. The van der Waals surface area contributed by atoms with Crippen LogP contribution in [0.2, 0.25) is 0 Å². The molecule has 0 aliphatic rings. The molecule has 0 aromatic heterocycles. The molecule has 0 amide bonds. The molecule has 1 rings (SSSR count). The highest BCUT2D eigenvalue weighted by Crippen LogP contribution is 2.12. The fraction of sp³-hybridized carbons (Fsp3) is 0.647. The van der Waals surface area contributed by atoms with Crippen LogP contribution in [-0.4, -0.2) is 25.8 Å². The molecule has 2 heteroatoms. The Labute approximate surface area is 118 Å². The van der Waals surface area contributed by atoms with E-state index in [1.54, 1.807) is 0 Å². The Hall–Kier alpha value is -0.860. The lowest BCUT2D eigenvalue weighted by molar-refractivity contribution is 0.124. The van der Waals surface area contributed by atoms with Crippen LogP contribution in [0, 0.1) is 13.8 Å². The zero-order chi connectivity index (χ0) is 14.1. The molecule has 2 nitrogen and oxygen atoms in total. The SMILES string of the molecule is CCCOCCC(Cc1ccc(C)c(C)c1)NCC. The van der Waals surface area contributed by atoms with E-state index in [2.05, 4.69) is 51.2 Å². The van der Waals surface area contributed by atoms with Crippen molar-refractivity contribution in [1.29, 1.82) is 0 Å². The van der Waals surface area contributed by atoms with Crippen LogP contribution in [0.1, 0.15) is 43.4 Å². The standard InChI is InChI=1S/C17H29NO/c1-5-10-19-11-9-17(18-6-2)13-16-8-7-14(3)15(4)12-16/h7-8,12,17-18H,5-6,9-11,13H2,1-4H3. The minimum Gasteiger partial charge on any atom is -0.381 e. The van der Waals surface area contributed by atoms with E-state index in [0.717, 1.165) is 39.0 Å². The number of likely N-dealkylation sites (N-methyl/N-ethyl adjacent to an activating group) is 1. The highest BCUT2D eigenvalue weighted by Gasteiger charge is 2.09. The Morgan fingerprint density at radius 1 is 1.11 bits per heavy atom. The van der Waals surface area contributed by atoms with E-state index in [0.29, 0.717) is 6.04 Å². The molecule has 1 atom stereocenters. The lowest BCUT2D eigenvalue weighted by atomic mass is 9.99. The minimum absolute atomic E-state index is 0.518. The molecule has 0 saturated carbocycles. The Bertz CT molecular complexity index is 362. The van der Waals surface area contributed by atoms with E-state index in [1.807, 2.05) is 0 Å². The number of nitrogens with one attached hydrogen (secondary N) is 1. The summed E-state index contributed by atoms with van der Waals surface area (Å²) in [6.07, 6.45) is 3.27. The third kappa shape index (κ3) is 6.22. The van der Waals surface area contributed by atoms with Gasteiger partial charge in [-0.1, -0.05) is 32.0 Å². The first kappa shape index (κ1) is 16.2. The lowest BCUT2D eigenvalue weighted by Crippen LogP contribution is -2.32. The summed E-state index contributed by atoms with van der Waals surface area (Å²) in [5.74, 6) is 0. The topological polar surface area (TPSA) is 21.3 Å². The molecule has 0 radical (unpaired) electrons. The van der Waals surface area contributed by atoms with Gasteiger partial charge >= 0.3 is 0 Å². The van der Waals surface area contributed by atoms with E-state index in [9.17, 15) is 0 Å². The maximum atomic E-state index is 5.60. The molecule has 0 heterocycles. The second kappa shape index (κ2) is 9.11. The van der Waals surface area contributed by atoms with E-state index in [-0.39, 0.29) is 0 Å². The second-order valence-electron chi connectivity index (χ2n) is 5.28. The van der Waals surface area contributed by atoms with E-state index in [4.69, 9.17) is 4.74 Å². The van der Waals surface area contributed by atoms with E-state index in [1.165, 1.54) is 16.7 Å². The summed E-state index contributed by atoms with van der Waals surface area (Å²) in [6, 6.07) is 7.30. The Kier molecular flexibility index (Phi) is 7.76. The third-order valence-electron chi connectivity index (χ3n) is 3.51. The first-order chi connectivity index (χ1) is 9.17. The lowest BCUT2D eigenvalue weighted by Gasteiger charge is -2.18. The quantitative estimate of drug-likeness (QED) is 0.687. The minimum atomic E-state index is 0.518. The number of benzene rings is 1. The Morgan fingerprint density at radius 3 is 2.53 bits per heavy atom. The van der Waals surface area contributed by atoms with Gasteiger partial charge in [-0.15, -0.1) is 0 Å². The van der Waals surface area contributed by atoms with Crippen molar-refractivity contribution >= 4 is 0 Å². The number of hydrogen-bond donors (Lipinski definition) is 1. The molecule has 0 bridgehead atoms. The van der Waals surface area contributed by atoms with Gasteiger partial charge in [-0.3, -0.25) is 0 Å². The van der Waals surface area contributed by atoms with E-state index >= 15 is 0 Å². The third-order valence-corrected chi connectivity index (χ3v) is 3.51. The van der Waals surface area contributed by atoms with Crippen LogP contribution in [0.5, 0.6) is 0 Å². The summed E-state index contributed by atoms with van der Waals surface area (Å²) in [5.41, 5.74) is 4.18. The van der Waals surface area contributed by atoms with Crippen molar-refractivity contribution in [1.82, 2.24) is 5.32 Å². The highest BCUT2D eigenvalue weighted by atomic mass is 16.5. The fourth-order valence-electron chi connectivity index (χ4n) is 2.25. The van der Waals surface area contributed by atoms with Crippen molar-refractivity contribution in [3.63, 3.8) is 0 Å². The van der Waals surface area contributed by atoms with Gasteiger partial charge in [0, 0.05) is 19.3 Å². The zero-order valence-corrected chi connectivity index (χ0v) is 13.0. The van der Waals surface area contributed by atoms with Crippen molar-refractivity contribution in [2.75, 3.05) is 19.8 Å². The van der Waals surface area contributed by atoms with Gasteiger partial charge in [0.25, 0.3) is 0 Å². The van der Waals surface area contributed by atoms with Gasteiger partial charge in [0.1, 0.15) is 0 Å². The average Bonchev–Trinajstić information content (AvgIpc) is 2.39. The fourth-order valence-corrected chi connectivity index (χ4v) is 2.25. The van der Waals surface area contributed by atoms with Gasteiger partial charge in [-0.2, -0.15) is 0 Å². The van der Waals surface area contributed by atoms with Crippen molar-refractivity contribution in [2.24, 2.45) is 0 Å². The van der Waals surface area contributed by atoms with Crippen molar-refractivity contribution in [3.05, 3.63) is 34.9 Å². The largest absolute Gasteiger partial charge is 0.381 e. The van der Waals surface area contributed by atoms with Crippen LogP contribution in [0.15, 0.2) is 18.2 Å². The Balaban J connectivity index is 2.49. The normalized spacial score (nSPS) is 12.6. The van der Waals surface area contributed by atoms with Gasteiger partial charge in [0.15, 0.2) is 0 Å². The van der Waals surface area contributed by atoms with Crippen LogP contribution in [0.25, 0.3) is 0 Å². The maximum Gasteiger partial charge on any atom is 0.0480 e. The predicted octanol–water partition coefficient (Wildman–Crippen LogP) is 3.64. The molecule has 0 aliphatic carbocycles. The molecule has 1 N–H and O–H groups in total. The Morgan fingerprint density at radius 2 is 1.89 bits per heavy atom. The summed E-state index contributed by atoms with van der Waals surface area (Å²) in [5, 5.41) is 3.56. The van der Waals surface area contributed by atoms with Gasteiger partial charge in [0.2, 0.25) is 0 Å². The molecule has 0 aliphatic heterocycles. The number of aryl methyl sites for hydroxylation is 2. The number of ether oxygens (including phenoxy) is 1. The first-order valence-electron chi connectivity index (χ1n) is 7.54. The van der Waals surface area contributed by atoms with Gasteiger partial charge < -0.3 is 10.1 Å². The van der Waals surface area contributed by atoms with Crippen LogP contribution in [0.4, 0.5) is 0 Å². The predicted molar refractivity (Wildman–Crippen MR) is 82.8 cm³/mol. The summed E-state index contributed by atoms with van der Waals surface area (Å²) < 4.78 is 5.60. The van der Waals surface area contributed by atoms with Crippen molar-refractivity contribution in [2.45, 2.75) is 53.0 Å². The highest BCUT2D eigenvalue weighted by molar-refractivity contribution is 5.30. The number of rotatable bonds is 9. The van der Waals surface area contributed by atoms with Gasteiger partial charge in [0.05, 0.1) is 0 Å². The molecule has 1 aromatic carbocycles. The smallest absolute Gasteiger partial charge is 0.0480 e. The molecule has 19 heavy (non-hydrogen) atoms. The second-order valence-corrected chi connectivity index (χ2v) is 5.28. The van der Waals surface area contributed by atoms with Crippen LogP contribution < -0.4 is 5.32 Å². The molecule has 0 saturated heterocycles. The summed E-state index contributed by atoms with van der Waals surface area (Å²) in [6.45, 7) is 11.4. The molecule has 108 valence electrons. The summed E-state index contributed by atoms with van der Waals surface area (Å²) in [7, 11) is 0. The van der Waals surface area contributed by atoms with Crippen LogP contribution in [0.3, 0.4) is 0 Å². The number of hydrogen-bond acceptors (Lipinski definition) is 2. The monoisotopic (exact) mass is 263 g/mol. The van der Waals surface area contributed by atoms with Crippen molar-refractivity contribution < 1.29 is 4.74 Å². The summed E-state index contributed by atoms with van der Waals surface area (Å²) in [4.78, 5) is 0. The molecule has 0 fully saturated rings. The molecule has 1 unspecified atom stereocenters. The van der Waals surface area contributed by atoms with Crippen molar-refractivity contribution in [3.8, 4) is 0 Å². The summed E-state index contributed by atoms with van der Waals surface area (Å²) >= 11 is 0. The van der Waals surface area contributed by atoms with Crippen LogP contribution >= 0.6 is 0 Å². The molecule has 1 aromatic rings. The maximum absolute atomic E-state index is 5.60. The van der Waals surface area contributed by atoms with Gasteiger partial charge in [-0.25, -0.2) is 0 Å². The molecular weight excluding hydrogens is 234 g/mol. The van der Waals surface area contributed by atoms with Gasteiger partial charge in [-0.05, 0) is 56.3 Å². The van der Waals surface area contributed by atoms with E-state index < -0.39 is 0 Å².